The van der Waals surface area contributed by atoms with Crippen LogP contribution in [0.5, 0.6) is 0 Å². The molecule has 0 aliphatic heterocycles. The van der Waals surface area contributed by atoms with Gasteiger partial charge >= 0.3 is 0 Å². The Labute approximate surface area is 160 Å². The molecule has 0 radical (unpaired) electrons. The Bertz CT molecular complexity index is 977. The van der Waals surface area contributed by atoms with Gasteiger partial charge in [0.25, 0.3) is 11.8 Å². The summed E-state index contributed by atoms with van der Waals surface area (Å²) in [4.78, 5) is 28.6. The van der Waals surface area contributed by atoms with Crippen molar-refractivity contribution in [3.63, 3.8) is 0 Å². The summed E-state index contributed by atoms with van der Waals surface area (Å²) < 4.78 is 13.6. The zero-order valence-corrected chi connectivity index (χ0v) is 14.8. The SMILES string of the molecule is O=C(NCc1ccccc1F)c1ccnc(C(=O)Nc2ccc(Cl)cc2)c1. The molecule has 7 heteroatoms. The Balaban J connectivity index is 1.67. The number of halogens is 2. The van der Waals surface area contributed by atoms with Crippen LogP contribution in [0.15, 0.2) is 66.9 Å². The van der Waals surface area contributed by atoms with E-state index in [0.717, 1.165) is 0 Å². The van der Waals surface area contributed by atoms with Crippen molar-refractivity contribution in [2.75, 3.05) is 5.32 Å². The lowest BCUT2D eigenvalue weighted by Gasteiger charge is -2.08. The first-order chi connectivity index (χ1) is 13.0. The number of benzene rings is 2. The summed E-state index contributed by atoms with van der Waals surface area (Å²) >= 11 is 5.81. The maximum absolute atomic E-state index is 13.6. The number of anilines is 1. The summed E-state index contributed by atoms with van der Waals surface area (Å²) in [6.07, 6.45) is 1.37. The first-order valence-electron chi connectivity index (χ1n) is 8.07. The molecule has 27 heavy (non-hydrogen) atoms. The first kappa shape index (κ1) is 18.5. The molecule has 0 spiro atoms. The molecule has 3 aromatic rings. The van der Waals surface area contributed by atoms with E-state index < -0.39 is 17.6 Å². The normalized spacial score (nSPS) is 10.3. The van der Waals surface area contributed by atoms with Crippen LogP contribution in [0.1, 0.15) is 26.4 Å². The van der Waals surface area contributed by atoms with E-state index in [1.165, 1.54) is 24.4 Å². The van der Waals surface area contributed by atoms with Crippen LogP contribution >= 0.6 is 11.6 Å². The number of rotatable bonds is 5. The summed E-state index contributed by atoms with van der Waals surface area (Å²) in [6.45, 7) is 0.0418. The molecule has 0 atom stereocenters. The average molecular weight is 384 g/mol. The molecule has 0 saturated carbocycles. The molecule has 0 aliphatic rings. The fourth-order valence-electron chi connectivity index (χ4n) is 2.34. The van der Waals surface area contributed by atoms with Gasteiger partial charge in [-0.05, 0) is 42.5 Å². The van der Waals surface area contributed by atoms with E-state index in [0.29, 0.717) is 16.3 Å². The van der Waals surface area contributed by atoms with Crippen LogP contribution in [0.4, 0.5) is 10.1 Å². The molecule has 0 fully saturated rings. The van der Waals surface area contributed by atoms with Crippen molar-refractivity contribution < 1.29 is 14.0 Å². The fourth-order valence-corrected chi connectivity index (χ4v) is 2.47. The fraction of sp³-hybridized carbons (Fsp3) is 0.0500. The van der Waals surface area contributed by atoms with Gasteiger partial charge in [-0.25, -0.2) is 4.39 Å². The van der Waals surface area contributed by atoms with Gasteiger partial charge in [0.2, 0.25) is 0 Å². The third-order valence-corrected chi connectivity index (χ3v) is 4.01. The van der Waals surface area contributed by atoms with Crippen molar-refractivity contribution in [2.45, 2.75) is 6.54 Å². The summed E-state index contributed by atoms with van der Waals surface area (Å²) in [5.41, 5.74) is 1.27. The first-order valence-corrected chi connectivity index (χ1v) is 8.45. The highest BCUT2D eigenvalue weighted by molar-refractivity contribution is 6.30. The Kier molecular flexibility index (Phi) is 5.78. The van der Waals surface area contributed by atoms with Crippen molar-refractivity contribution >= 4 is 29.1 Å². The standard InChI is InChI=1S/C20H15ClFN3O2/c21-15-5-7-16(8-6-15)25-20(27)18-11-13(9-10-23-18)19(26)24-12-14-3-1-2-4-17(14)22/h1-11H,12H2,(H,24,26)(H,25,27). The molecule has 2 amide bonds. The molecular weight excluding hydrogens is 369 g/mol. The maximum Gasteiger partial charge on any atom is 0.274 e. The molecule has 2 N–H and O–H groups in total. The van der Waals surface area contributed by atoms with E-state index in [1.807, 2.05) is 0 Å². The highest BCUT2D eigenvalue weighted by Gasteiger charge is 2.13. The van der Waals surface area contributed by atoms with Gasteiger partial charge in [-0.2, -0.15) is 0 Å². The van der Waals surface area contributed by atoms with Crippen molar-refractivity contribution in [1.82, 2.24) is 10.3 Å². The second-order valence-electron chi connectivity index (χ2n) is 5.66. The Morgan fingerprint density at radius 3 is 2.48 bits per heavy atom. The third-order valence-electron chi connectivity index (χ3n) is 3.75. The summed E-state index contributed by atoms with van der Waals surface area (Å²) in [5.74, 6) is -1.28. The largest absolute Gasteiger partial charge is 0.348 e. The van der Waals surface area contributed by atoms with Crippen molar-refractivity contribution in [2.24, 2.45) is 0 Å². The number of hydrogen-bond donors (Lipinski definition) is 2. The van der Waals surface area contributed by atoms with Gasteiger partial charge in [-0.1, -0.05) is 29.8 Å². The van der Waals surface area contributed by atoms with Crippen molar-refractivity contribution in [3.05, 3.63) is 94.5 Å². The van der Waals surface area contributed by atoms with Crippen molar-refractivity contribution in [1.29, 1.82) is 0 Å². The van der Waals surface area contributed by atoms with E-state index in [-0.39, 0.29) is 17.8 Å². The lowest BCUT2D eigenvalue weighted by Crippen LogP contribution is -2.24. The molecule has 1 aromatic heterocycles. The van der Waals surface area contributed by atoms with Crippen LogP contribution in [0.2, 0.25) is 5.02 Å². The smallest absolute Gasteiger partial charge is 0.274 e. The summed E-state index contributed by atoms with van der Waals surface area (Å²) in [5, 5.41) is 5.86. The highest BCUT2D eigenvalue weighted by Crippen LogP contribution is 2.14. The number of nitrogens with zero attached hydrogens (tertiary/aromatic N) is 1. The molecule has 0 aliphatic carbocycles. The maximum atomic E-state index is 13.6. The van der Waals surface area contributed by atoms with Gasteiger partial charge in [0.05, 0.1) is 0 Å². The number of pyridine rings is 1. The molecule has 0 unspecified atom stereocenters. The van der Waals surface area contributed by atoms with Crippen LogP contribution < -0.4 is 10.6 Å². The van der Waals surface area contributed by atoms with Gasteiger partial charge in [0, 0.05) is 34.6 Å². The lowest BCUT2D eigenvalue weighted by molar-refractivity contribution is 0.0950. The van der Waals surface area contributed by atoms with Gasteiger partial charge in [0.15, 0.2) is 0 Å². The number of aromatic nitrogens is 1. The van der Waals surface area contributed by atoms with Gasteiger partial charge in [-0.15, -0.1) is 0 Å². The highest BCUT2D eigenvalue weighted by atomic mass is 35.5. The number of carbonyl (C=O) groups excluding carboxylic acids is 2. The van der Waals surface area contributed by atoms with E-state index in [9.17, 15) is 14.0 Å². The van der Waals surface area contributed by atoms with E-state index in [1.54, 1.807) is 42.5 Å². The lowest BCUT2D eigenvalue weighted by atomic mass is 10.2. The Morgan fingerprint density at radius 2 is 1.74 bits per heavy atom. The second kappa shape index (κ2) is 8.42. The van der Waals surface area contributed by atoms with Crippen LogP contribution in [-0.2, 0) is 6.54 Å². The van der Waals surface area contributed by atoms with Crippen molar-refractivity contribution in [3.8, 4) is 0 Å². The van der Waals surface area contributed by atoms with Gasteiger partial charge in [0.1, 0.15) is 11.5 Å². The zero-order chi connectivity index (χ0) is 19.2. The minimum atomic E-state index is -0.457. The van der Waals surface area contributed by atoms with Crippen LogP contribution in [0.25, 0.3) is 0 Å². The zero-order valence-electron chi connectivity index (χ0n) is 14.1. The molecular formula is C20H15ClFN3O2. The van der Waals surface area contributed by atoms with Crippen LogP contribution in [-0.4, -0.2) is 16.8 Å². The van der Waals surface area contributed by atoms with E-state index >= 15 is 0 Å². The third kappa shape index (κ3) is 4.89. The molecule has 2 aromatic carbocycles. The predicted octanol–water partition coefficient (Wildman–Crippen LogP) is 4.06. The van der Waals surface area contributed by atoms with Crippen LogP contribution in [0.3, 0.4) is 0 Å². The quantitative estimate of drug-likeness (QED) is 0.698. The molecule has 3 rings (SSSR count). The number of hydrogen-bond acceptors (Lipinski definition) is 3. The number of nitrogens with one attached hydrogen (secondary N) is 2. The van der Waals surface area contributed by atoms with Gasteiger partial charge in [-0.3, -0.25) is 14.6 Å². The monoisotopic (exact) mass is 383 g/mol. The number of carbonyl (C=O) groups is 2. The number of amides is 2. The molecule has 136 valence electrons. The Morgan fingerprint density at radius 1 is 1.00 bits per heavy atom. The van der Waals surface area contributed by atoms with E-state index in [2.05, 4.69) is 15.6 Å². The topological polar surface area (TPSA) is 71.1 Å². The Hall–Kier alpha value is -3.25. The van der Waals surface area contributed by atoms with Gasteiger partial charge < -0.3 is 10.6 Å². The molecule has 1 heterocycles. The summed E-state index contributed by atoms with van der Waals surface area (Å²) in [6, 6.07) is 15.7. The minimum absolute atomic E-state index is 0.0418. The summed E-state index contributed by atoms with van der Waals surface area (Å²) in [7, 11) is 0. The average Bonchev–Trinajstić information content (AvgIpc) is 2.69. The van der Waals surface area contributed by atoms with E-state index in [4.69, 9.17) is 11.6 Å². The minimum Gasteiger partial charge on any atom is -0.348 e. The second-order valence-corrected chi connectivity index (χ2v) is 6.10. The molecule has 0 bridgehead atoms. The molecule has 0 saturated heterocycles. The molecule has 5 nitrogen and oxygen atoms in total. The predicted molar refractivity (Wildman–Crippen MR) is 101 cm³/mol. The van der Waals surface area contributed by atoms with Crippen LogP contribution in [0, 0.1) is 5.82 Å².